The van der Waals surface area contributed by atoms with Crippen molar-refractivity contribution >= 4 is 22.7 Å². The lowest BCUT2D eigenvalue weighted by Crippen LogP contribution is -2.26. The van der Waals surface area contributed by atoms with Crippen LogP contribution in [0.1, 0.15) is 18.7 Å². The second-order valence-electron chi connectivity index (χ2n) is 5.02. The van der Waals surface area contributed by atoms with E-state index in [-0.39, 0.29) is 16.0 Å². The molecule has 0 saturated carbocycles. The van der Waals surface area contributed by atoms with Gasteiger partial charge in [0.2, 0.25) is 0 Å². The quantitative estimate of drug-likeness (QED) is 0.662. The van der Waals surface area contributed by atoms with Gasteiger partial charge in [0.15, 0.2) is 0 Å². The average molecular weight is 276 g/mol. The molecule has 0 radical (unpaired) electrons. The number of nitro groups is 1. The Balaban J connectivity index is 2.06. The normalized spacial score (nSPS) is 11.3. The Hall–Kier alpha value is -1.88. The van der Waals surface area contributed by atoms with Crippen molar-refractivity contribution in [1.82, 2.24) is 0 Å². The Labute approximate surface area is 116 Å². The minimum absolute atomic E-state index is 0.00120. The summed E-state index contributed by atoms with van der Waals surface area (Å²) in [6.45, 7) is 5.04. The fourth-order valence-corrected chi connectivity index (χ4v) is 2.66. The summed E-state index contributed by atoms with van der Waals surface area (Å²) < 4.78 is 0. The Morgan fingerprint density at radius 2 is 2.11 bits per heavy atom. The first-order chi connectivity index (χ1) is 8.99. The number of nitrogens with zero attached hydrogens (tertiary/aromatic N) is 1. The average Bonchev–Trinajstić information content (AvgIpc) is 2.91. The van der Waals surface area contributed by atoms with E-state index >= 15 is 0 Å². The molecule has 0 aliphatic heterocycles. The number of nitro benzene ring substituents is 1. The first-order valence-corrected chi connectivity index (χ1v) is 6.89. The summed E-state index contributed by atoms with van der Waals surface area (Å²) in [4.78, 5) is 11.6. The van der Waals surface area contributed by atoms with Crippen molar-refractivity contribution in [2.75, 3.05) is 11.9 Å². The van der Waals surface area contributed by atoms with Gasteiger partial charge in [-0.1, -0.05) is 26.0 Å². The number of non-ortho nitro benzene ring substituents is 1. The third-order valence-electron chi connectivity index (χ3n) is 2.98. The van der Waals surface area contributed by atoms with E-state index < -0.39 is 0 Å². The molecule has 0 spiro atoms. The third kappa shape index (κ3) is 3.32. The SMILES string of the molecule is CC(C)(CNc1cccc([N+](=O)[O-])c1)c1cccs1. The minimum Gasteiger partial charge on any atom is -0.384 e. The van der Waals surface area contributed by atoms with E-state index in [2.05, 4.69) is 30.6 Å². The molecule has 1 aromatic carbocycles. The van der Waals surface area contributed by atoms with Crippen LogP contribution in [0.25, 0.3) is 0 Å². The van der Waals surface area contributed by atoms with Crippen LogP contribution in [0.5, 0.6) is 0 Å². The summed E-state index contributed by atoms with van der Waals surface area (Å²) in [5, 5.41) is 16.1. The standard InChI is InChI=1S/C14H16N2O2S/c1-14(2,13-7-4-8-19-13)10-15-11-5-3-6-12(9-11)16(17)18/h3-9,15H,10H2,1-2H3. The number of anilines is 1. The van der Waals surface area contributed by atoms with Gasteiger partial charge in [0.05, 0.1) is 4.92 Å². The summed E-state index contributed by atoms with van der Waals surface area (Å²) in [5.74, 6) is 0. The fraction of sp³-hybridized carbons (Fsp3) is 0.286. The fourth-order valence-electron chi connectivity index (χ4n) is 1.80. The van der Waals surface area contributed by atoms with Crippen molar-refractivity contribution in [3.63, 3.8) is 0 Å². The van der Waals surface area contributed by atoms with Crippen LogP contribution in [-0.4, -0.2) is 11.5 Å². The smallest absolute Gasteiger partial charge is 0.271 e. The zero-order valence-corrected chi connectivity index (χ0v) is 11.7. The molecule has 1 heterocycles. The number of thiophene rings is 1. The van der Waals surface area contributed by atoms with Crippen molar-refractivity contribution < 1.29 is 4.92 Å². The Morgan fingerprint density at radius 3 is 2.74 bits per heavy atom. The maximum absolute atomic E-state index is 10.7. The van der Waals surface area contributed by atoms with Crippen LogP contribution >= 0.6 is 11.3 Å². The summed E-state index contributed by atoms with van der Waals surface area (Å²) in [7, 11) is 0. The van der Waals surface area contributed by atoms with E-state index in [4.69, 9.17) is 0 Å². The molecule has 0 aliphatic carbocycles. The summed E-state index contributed by atoms with van der Waals surface area (Å²) in [6, 6.07) is 10.7. The maximum Gasteiger partial charge on any atom is 0.271 e. The van der Waals surface area contributed by atoms with E-state index in [0.717, 1.165) is 12.2 Å². The highest BCUT2D eigenvalue weighted by Gasteiger charge is 2.21. The van der Waals surface area contributed by atoms with E-state index in [1.807, 2.05) is 12.1 Å². The van der Waals surface area contributed by atoms with Crippen molar-refractivity contribution in [1.29, 1.82) is 0 Å². The molecular formula is C14H16N2O2S. The zero-order valence-electron chi connectivity index (χ0n) is 10.9. The van der Waals surface area contributed by atoms with Gasteiger partial charge in [0, 0.05) is 34.7 Å². The van der Waals surface area contributed by atoms with Gasteiger partial charge in [0.25, 0.3) is 5.69 Å². The predicted octanol–water partition coefficient (Wildman–Crippen LogP) is 4.05. The molecule has 5 heteroatoms. The molecule has 0 atom stereocenters. The second-order valence-corrected chi connectivity index (χ2v) is 5.97. The van der Waals surface area contributed by atoms with Gasteiger partial charge in [0.1, 0.15) is 0 Å². The molecule has 0 bridgehead atoms. The first-order valence-electron chi connectivity index (χ1n) is 6.01. The molecule has 4 nitrogen and oxygen atoms in total. The van der Waals surface area contributed by atoms with Crippen LogP contribution < -0.4 is 5.32 Å². The van der Waals surface area contributed by atoms with Crippen molar-refractivity contribution in [3.8, 4) is 0 Å². The Bertz CT molecular complexity index is 565. The monoisotopic (exact) mass is 276 g/mol. The zero-order chi connectivity index (χ0) is 13.9. The highest BCUT2D eigenvalue weighted by molar-refractivity contribution is 7.10. The highest BCUT2D eigenvalue weighted by Crippen LogP contribution is 2.28. The largest absolute Gasteiger partial charge is 0.384 e. The molecule has 2 aromatic rings. The maximum atomic E-state index is 10.7. The molecule has 0 amide bonds. The Kier molecular flexibility index (Phi) is 3.85. The predicted molar refractivity (Wildman–Crippen MR) is 78.9 cm³/mol. The van der Waals surface area contributed by atoms with Crippen molar-refractivity contribution in [2.24, 2.45) is 0 Å². The van der Waals surface area contributed by atoms with Crippen molar-refractivity contribution in [3.05, 3.63) is 56.8 Å². The molecule has 1 N–H and O–H groups in total. The molecule has 100 valence electrons. The summed E-state index contributed by atoms with van der Waals surface area (Å²) in [5.41, 5.74) is 0.886. The minimum atomic E-state index is -0.379. The van der Waals surface area contributed by atoms with Crippen LogP contribution in [0, 0.1) is 10.1 Å². The van der Waals surface area contributed by atoms with Gasteiger partial charge in [-0.15, -0.1) is 11.3 Å². The van der Waals surface area contributed by atoms with E-state index in [0.29, 0.717) is 0 Å². The Morgan fingerprint density at radius 1 is 1.32 bits per heavy atom. The van der Waals surface area contributed by atoms with Crippen molar-refractivity contribution in [2.45, 2.75) is 19.3 Å². The van der Waals surface area contributed by atoms with Crippen LogP contribution in [0.2, 0.25) is 0 Å². The third-order valence-corrected chi connectivity index (χ3v) is 4.22. The van der Waals surface area contributed by atoms with Gasteiger partial charge < -0.3 is 5.32 Å². The summed E-state index contributed by atoms with van der Waals surface area (Å²) >= 11 is 1.72. The topological polar surface area (TPSA) is 55.2 Å². The number of rotatable bonds is 5. The lowest BCUT2D eigenvalue weighted by molar-refractivity contribution is -0.384. The lowest BCUT2D eigenvalue weighted by Gasteiger charge is -2.24. The molecule has 19 heavy (non-hydrogen) atoms. The van der Waals surface area contributed by atoms with Crippen LogP contribution in [-0.2, 0) is 5.41 Å². The molecule has 2 rings (SSSR count). The number of hydrogen-bond acceptors (Lipinski definition) is 4. The molecule has 0 saturated heterocycles. The van der Waals surface area contributed by atoms with E-state index in [1.165, 1.54) is 10.9 Å². The van der Waals surface area contributed by atoms with Gasteiger partial charge in [-0.2, -0.15) is 0 Å². The van der Waals surface area contributed by atoms with E-state index in [9.17, 15) is 10.1 Å². The number of nitrogens with one attached hydrogen (secondary N) is 1. The van der Waals surface area contributed by atoms with Crippen LogP contribution in [0.4, 0.5) is 11.4 Å². The highest BCUT2D eigenvalue weighted by atomic mass is 32.1. The summed E-state index contributed by atoms with van der Waals surface area (Å²) in [6.07, 6.45) is 0. The van der Waals surface area contributed by atoms with Gasteiger partial charge in [-0.25, -0.2) is 0 Å². The van der Waals surface area contributed by atoms with Gasteiger partial charge >= 0.3 is 0 Å². The number of hydrogen-bond donors (Lipinski definition) is 1. The molecule has 0 aliphatic rings. The molecular weight excluding hydrogens is 260 g/mol. The van der Waals surface area contributed by atoms with Crippen LogP contribution in [0.3, 0.4) is 0 Å². The molecule has 0 fully saturated rings. The lowest BCUT2D eigenvalue weighted by atomic mass is 9.91. The van der Waals surface area contributed by atoms with Gasteiger partial charge in [-0.3, -0.25) is 10.1 Å². The first kappa shape index (κ1) is 13.5. The molecule has 0 unspecified atom stereocenters. The number of benzene rings is 1. The van der Waals surface area contributed by atoms with Crippen LogP contribution in [0.15, 0.2) is 41.8 Å². The van der Waals surface area contributed by atoms with Gasteiger partial charge in [-0.05, 0) is 17.5 Å². The second kappa shape index (κ2) is 5.40. The van der Waals surface area contributed by atoms with E-state index in [1.54, 1.807) is 23.5 Å². The molecule has 1 aromatic heterocycles.